The van der Waals surface area contributed by atoms with Crippen molar-refractivity contribution >= 4 is 0 Å². The van der Waals surface area contributed by atoms with E-state index in [4.69, 9.17) is 20.6 Å². The lowest BCUT2D eigenvalue weighted by molar-refractivity contribution is -0.0794. The van der Waals surface area contributed by atoms with Crippen molar-refractivity contribution in [2.24, 2.45) is 0 Å². The summed E-state index contributed by atoms with van der Waals surface area (Å²) in [6.45, 7) is 13.0. The summed E-state index contributed by atoms with van der Waals surface area (Å²) in [4.78, 5) is 0. The van der Waals surface area contributed by atoms with Crippen LogP contribution < -0.4 is 0 Å². The molecule has 0 aromatic heterocycles. The average molecular weight is 270 g/mol. The lowest BCUT2D eigenvalue weighted by Crippen LogP contribution is -2.31. The Morgan fingerprint density at radius 2 is 1.42 bits per heavy atom. The van der Waals surface area contributed by atoms with Gasteiger partial charge in [-0.05, 0) is 47.0 Å². The Morgan fingerprint density at radius 3 is 1.95 bits per heavy atom. The Morgan fingerprint density at radius 1 is 0.895 bits per heavy atom. The highest BCUT2D eigenvalue weighted by atomic mass is 16.5. The molecule has 0 saturated heterocycles. The van der Waals surface area contributed by atoms with E-state index in [9.17, 15) is 0 Å². The molecule has 0 saturated carbocycles. The van der Waals surface area contributed by atoms with Crippen LogP contribution in [0, 0.1) is 12.3 Å². The van der Waals surface area contributed by atoms with E-state index in [1.54, 1.807) is 0 Å². The quantitative estimate of drug-likeness (QED) is 0.425. The first kappa shape index (κ1) is 18.4. The molecule has 3 nitrogen and oxygen atoms in total. The highest BCUT2D eigenvalue weighted by Gasteiger charge is 2.22. The Labute approximate surface area is 119 Å². The zero-order chi connectivity index (χ0) is 14.8. The molecule has 0 N–H and O–H groups in total. The number of rotatable bonds is 11. The summed E-state index contributed by atoms with van der Waals surface area (Å²) in [5.41, 5.74) is -0.304. The van der Waals surface area contributed by atoms with E-state index in [-0.39, 0.29) is 11.2 Å². The van der Waals surface area contributed by atoms with Crippen LogP contribution in [-0.4, -0.2) is 37.6 Å². The molecular weight excluding hydrogens is 240 g/mol. The van der Waals surface area contributed by atoms with Crippen molar-refractivity contribution in [2.75, 3.05) is 26.4 Å². The molecule has 0 atom stereocenters. The molecule has 0 fully saturated rings. The number of ether oxygens (including phenoxy) is 3. The van der Waals surface area contributed by atoms with Gasteiger partial charge in [-0.15, -0.1) is 6.42 Å². The normalized spacial score (nSPS) is 12.4. The van der Waals surface area contributed by atoms with E-state index in [1.165, 1.54) is 0 Å². The van der Waals surface area contributed by atoms with E-state index < -0.39 is 0 Å². The molecule has 0 spiro atoms. The molecule has 0 radical (unpaired) electrons. The third-order valence-corrected chi connectivity index (χ3v) is 2.93. The SMILES string of the molecule is C#CCOCCC(C)(C)OCCC(C)(C)OCCC. The van der Waals surface area contributed by atoms with Crippen molar-refractivity contribution in [3.63, 3.8) is 0 Å². The van der Waals surface area contributed by atoms with E-state index in [0.717, 1.165) is 25.9 Å². The van der Waals surface area contributed by atoms with Gasteiger partial charge in [0.1, 0.15) is 6.61 Å². The predicted octanol–water partition coefficient (Wildman–Crippen LogP) is 3.42. The molecule has 0 unspecified atom stereocenters. The minimum absolute atomic E-state index is 0.119. The second kappa shape index (κ2) is 9.36. The van der Waals surface area contributed by atoms with Crippen LogP contribution in [0.5, 0.6) is 0 Å². The standard InChI is InChI=1S/C16H30O3/c1-7-11-17-13-9-15(3,4)19-14-10-16(5,6)18-12-8-2/h1H,8-14H2,2-6H3. The molecule has 0 aromatic rings. The first-order valence-corrected chi connectivity index (χ1v) is 7.12. The minimum Gasteiger partial charge on any atom is -0.375 e. The molecule has 0 bridgehead atoms. The maximum atomic E-state index is 5.91. The smallest absolute Gasteiger partial charge is 0.107 e. The topological polar surface area (TPSA) is 27.7 Å². The van der Waals surface area contributed by atoms with Crippen molar-refractivity contribution in [3.8, 4) is 12.3 Å². The molecule has 3 heteroatoms. The molecule has 19 heavy (non-hydrogen) atoms. The average Bonchev–Trinajstić information content (AvgIpc) is 2.32. The fourth-order valence-corrected chi connectivity index (χ4v) is 1.54. The van der Waals surface area contributed by atoms with Gasteiger partial charge in [-0.25, -0.2) is 0 Å². The zero-order valence-electron chi connectivity index (χ0n) is 13.3. The summed E-state index contributed by atoms with van der Waals surface area (Å²) in [7, 11) is 0. The van der Waals surface area contributed by atoms with Crippen LogP contribution in [0.2, 0.25) is 0 Å². The molecule has 0 amide bonds. The van der Waals surface area contributed by atoms with Gasteiger partial charge >= 0.3 is 0 Å². The van der Waals surface area contributed by atoms with Gasteiger partial charge in [0.05, 0.1) is 24.4 Å². The fraction of sp³-hybridized carbons (Fsp3) is 0.875. The Balaban J connectivity index is 3.81. The molecule has 112 valence electrons. The van der Waals surface area contributed by atoms with Crippen molar-refractivity contribution in [1.29, 1.82) is 0 Å². The maximum absolute atomic E-state index is 5.91. The largest absolute Gasteiger partial charge is 0.375 e. The van der Waals surface area contributed by atoms with Gasteiger partial charge in [-0.2, -0.15) is 0 Å². The van der Waals surface area contributed by atoms with Gasteiger partial charge in [-0.3, -0.25) is 0 Å². The summed E-state index contributed by atoms with van der Waals surface area (Å²) >= 11 is 0. The molecular formula is C16H30O3. The molecule has 0 heterocycles. The van der Waals surface area contributed by atoms with Gasteiger partial charge in [0.25, 0.3) is 0 Å². The summed E-state index contributed by atoms with van der Waals surface area (Å²) in [6.07, 6.45) is 7.90. The molecule has 0 aliphatic carbocycles. The zero-order valence-corrected chi connectivity index (χ0v) is 13.3. The molecule has 0 aliphatic rings. The van der Waals surface area contributed by atoms with Crippen molar-refractivity contribution < 1.29 is 14.2 Å². The molecule has 0 rings (SSSR count). The van der Waals surface area contributed by atoms with Gasteiger partial charge in [0, 0.05) is 6.61 Å². The van der Waals surface area contributed by atoms with E-state index >= 15 is 0 Å². The maximum Gasteiger partial charge on any atom is 0.107 e. The van der Waals surface area contributed by atoms with Gasteiger partial charge in [0.15, 0.2) is 0 Å². The molecule has 0 aromatic carbocycles. The first-order chi connectivity index (χ1) is 8.83. The van der Waals surface area contributed by atoms with Gasteiger partial charge in [-0.1, -0.05) is 12.8 Å². The highest BCUT2D eigenvalue weighted by Crippen LogP contribution is 2.19. The van der Waals surface area contributed by atoms with E-state index in [0.29, 0.717) is 19.8 Å². The van der Waals surface area contributed by atoms with E-state index in [1.807, 2.05) is 0 Å². The van der Waals surface area contributed by atoms with Crippen LogP contribution in [0.15, 0.2) is 0 Å². The Bertz CT molecular complexity index is 264. The van der Waals surface area contributed by atoms with Gasteiger partial charge < -0.3 is 14.2 Å². The monoisotopic (exact) mass is 270 g/mol. The number of terminal acetylenes is 1. The van der Waals surface area contributed by atoms with Crippen LogP contribution in [0.25, 0.3) is 0 Å². The minimum atomic E-state index is -0.185. The lowest BCUT2D eigenvalue weighted by atomic mass is 10.0. The summed E-state index contributed by atoms with van der Waals surface area (Å²) in [6, 6.07) is 0. The Kier molecular flexibility index (Phi) is 9.08. The summed E-state index contributed by atoms with van der Waals surface area (Å²) in [5, 5.41) is 0. The third-order valence-electron chi connectivity index (χ3n) is 2.93. The van der Waals surface area contributed by atoms with Crippen LogP contribution in [0.4, 0.5) is 0 Å². The van der Waals surface area contributed by atoms with Crippen LogP contribution in [0.3, 0.4) is 0 Å². The second-order valence-electron chi connectivity index (χ2n) is 5.97. The highest BCUT2D eigenvalue weighted by molar-refractivity contribution is 4.83. The fourth-order valence-electron chi connectivity index (χ4n) is 1.54. The van der Waals surface area contributed by atoms with Crippen molar-refractivity contribution in [1.82, 2.24) is 0 Å². The van der Waals surface area contributed by atoms with Crippen LogP contribution >= 0.6 is 0 Å². The summed E-state index contributed by atoms with van der Waals surface area (Å²) < 4.78 is 17.0. The van der Waals surface area contributed by atoms with Crippen molar-refractivity contribution in [2.45, 2.75) is 65.1 Å². The van der Waals surface area contributed by atoms with E-state index in [2.05, 4.69) is 40.5 Å². The van der Waals surface area contributed by atoms with Gasteiger partial charge in [0.2, 0.25) is 0 Å². The predicted molar refractivity (Wildman–Crippen MR) is 79.2 cm³/mol. The Hall–Kier alpha value is -0.560. The number of hydrogen-bond acceptors (Lipinski definition) is 3. The first-order valence-electron chi connectivity index (χ1n) is 7.12. The van der Waals surface area contributed by atoms with Crippen molar-refractivity contribution in [3.05, 3.63) is 0 Å². The number of hydrogen-bond donors (Lipinski definition) is 0. The van der Waals surface area contributed by atoms with Crippen LogP contribution in [-0.2, 0) is 14.2 Å². The second-order valence-corrected chi connectivity index (χ2v) is 5.97. The summed E-state index contributed by atoms with van der Waals surface area (Å²) in [5.74, 6) is 2.46. The molecule has 0 aliphatic heterocycles. The van der Waals surface area contributed by atoms with Crippen LogP contribution in [0.1, 0.15) is 53.9 Å². The third kappa shape index (κ3) is 11.0. The lowest BCUT2D eigenvalue weighted by Gasteiger charge is -2.29.